The molecule has 35 heavy (non-hydrogen) atoms. The van der Waals surface area contributed by atoms with E-state index in [9.17, 15) is 23.3 Å². The Hall–Kier alpha value is -3.82. The Balaban J connectivity index is 1.39. The minimum Gasteiger partial charge on any atom is -0.454 e. The Morgan fingerprint density at radius 1 is 1.14 bits per heavy atom. The van der Waals surface area contributed by atoms with Crippen LogP contribution >= 0.6 is 27.5 Å². The van der Waals surface area contributed by atoms with Crippen molar-refractivity contribution < 1.29 is 22.6 Å². The molecule has 4 aromatic rings. The van der Waals surface area contributed by atoms with E-state index in [0.29, 0.717) is 11.4 Å². The van der Waals surface area contributed by atoms with E-state index in [1.54, 1.807) is 0 Å². The summed E-state index contributed by atoms with van der Waals surface area (Å²) in [6.45, 7) is 0.0667. The van der Waals surface area contributed by atoms with Crippen molar-refractivity contribution in [1.29, 1.82) is 0 Å². The summed E-state index contributed by atoms with van der Waals surface area (Å²) in [6, 6.07) is 11.2. The number of furan rings is 1. The van der Waals surface area contributed by atoms with Crippen molar-refractivity contribution in [2.24, 2.45) is 0 Å². The number of anilines is 2. The summed E-state index contributed by atoms with van der Waals surface area (Å²) in [7, 11) is -3.94. The quantitative estimate of drug-likeness (QED) is 0.232. The van der Waals surface area contributed by atoms with E-state index in [2.05, 4.69) is 41.3 Å². The fourth-order valence-corrected chi connectivity index (χ4v) is 4.37. The number of nitro groups is 1. The number of nitrogens with zero attached hydrogens (tertiary/aromatic N) is 5. The minimum absolute atomic E-state index is 0.00234. The number of carbonyl (C=O) groups is 1. The molecule has 0 atom stereocenters. The molecule has 0 saturated heterocycles. The molecular formula is C19H13BrClN7O6S. The van der Waals surface area contributed by atoms with Gasteiger partial charge in [-0.2, -0.15) is 4.68 Å². The number of aromatic nitrogens is 4. The summed E-state index contributed by atoms with van der Waals surface area (Å²) in [5.41, 5.74) is 0.324. The molecule has 0 saturated carbocycles. The Morgan fingerprint density at radius 2 is 1.89 bits per heavy atom. The van der Waals surface area contributed by atoms with Crippen LogP contribution in [0.4, 0.5) is 17.3 Å². The number of nitrogens with one attached hydrogen (secondary N) is 2. The van der Waals surface area contributed by atoms with E-state index in [4.69, 9.17) is 16.0 Å². The molecule has 1 aromatic carbocycles. The Bertz CT molecular complexity index is 1500. The highest BCUT2D eigenvalue weighted by Crippen LogP contribution is 2.23. The lowest BCUT2D eigenvalue weighted by atomic mass is 10.3. The topological polar surface area (TPSA) is 175 Å². The number of hydrogen-bond acceptors (Lipinski definition) is 9. The van der Waals surface area contributed by atoms with Crippen molar-refractivity contribution in [3.05, 3.63) is 86.0 Å². The molecule has 0 unspecified atom stereocenters. The van der Waals surface area contributed by atoms with Gasteiger partial charge < -0.3 is 19.8 Å². The number of carbonyl (C=O) groups excluding carboxylic acids is 1. The van der Waals surface area contributed by atoms with Gasteiger partial charge in [0.1, 0.15) is 16.8 Å². The van der Waals surface area contributed by atoms with Crippen LogP contribution in [0.3, 0.4) is 0 Å². The van der Waals surface area contributed by atoms with Gasteiger partial charge in [-0.25, -0.2) is 8.42 Å². The van der Waals surface area contributed by atoms with Gasteiger partial charge in [-0.1, -0.05) is 11.6 Å². The lowest BCUT2D eigenvalue weighted by Gasteiger charge is -2.08. The molecule has 1 amide bonds. The zero-order valence-corrected chi connectivity index (χ0v) is 20.4. The molecule has 180 valence electrons. The first kappa shape index (κ1) is 24.3. The molecule has 2 N–H and O–H groups in total. The molecular weight excluding hydrogens is 570 g/mol. The molecule has 0 fully saturated rings. The van der Waals surface area contributed by atoms with Crippen LogP contribution in [0.15, 0.2) is 68.5 Å². The third-order valence-electron chi connectivity index (χ3n) is 4.37. The maximum Gasteiger partial charge on any atom is 0.404 e. The number of amides is 1. The average molecular weight is 583 g/mol. The van der Waals surface area contributed by atoms with E-state index >= 15 is 0 Å². The van der Waals surface area contributed by atoms with Crippen LogP contribution in [0.1, 0.15) is 16.3 Å². The van der Waals surface area contributed by atoms with Gasteiger partial charge in [-0.15, -0.1) is 10.2 Å². The lowest BCUT2D eigenvalue weighted by molar-refractivity contribution is -0.390. The van der Waals surface area contributed by atoms with Crippen LogP contribution in [0.5, 0.6) is 0 Å². The van der Waals surface area contributed by atoms with Crippen molar-refractivity contribution >= 4 is 60.8 Å². The van der Waals surface area contributed by atoms with Gasteiger partial charge in [0.25, 0.3) is 15.9 Å². The lowest BCUT2D eigenvalue weighted by Crippen LogP contribution is -2.15. The third kappa shape index (κ3) is 5.82. The van der Waals surface area contributed by atoms with Gasteiger partial charge in [-0.05, 0) is 69.4 Å². The fourth-order valence-electron chi connectivity index (χ4n) is 2.81. The van der Waals surface area contributed by atoms with Crippen molar-refractivity contribution in [1.82, 2.24) is 20.0 Å². The largest absolute Gasteiger partial charge is 0.454 e. The van der Waals surface area contributed by atoms with E-state index < -0.39 is 20.9 Å². The summed E-state index contributed by atoms with van der Waals surface area (Å²) >= 11 is 8.70. The van der Waals surface area contributed by atoms with Crippen molar-refractivity contribution in [3.63, 3.8) is 0 Å². The highest BCUT2D eigenvalue weighted by atomic mass is 79.9. The molecule has 13 nitrogen and oxygen atoms in total. The smallest absolute Gasteiger partial charge is 0.404 e. The fraction of sp³-hybridized carbons (Fsp3) is 0.0526. The van der Waals surface area contributed by atoms with Crippen LogP contribution in [0, 0.1) is 10.1 Å². The minimum atomic E-state index is -3.94. The summed E-state index contributed by atoms with van der Waals surface area (Å²) in [5.74, 6) is -0.582. The van der Waals surface area contributed by atoms with Gasteiger partial charge in [0.15, 0.2) is 16.7 Å². The molecule has 4 rings (SSSR count). The van der Waals surface area contributed by atoms with E-state index in [1.165, 1.54) is 59.4 Å². The Morgan fingerprint density at radius 3 is 2.51 bits per heavy atom. The van der Waals surface area contributed by atoms with Gasteiger partial charge in [0.05, 0.1) is 16.2 Å². The molecule has 3 aromatic heterocycles. The number of benzene rings is 1. The number of halogens is 2. The molecule has 16 heteroatoms. The summed E-state index contributed by atoms with van der Waals surface area (Å²) in [4.78, 5) is 22.7. The van der Waals surface area contributed by atoms with Crippen molar-refractivity contribution in [2.45, 2.75) is 11.4 Å². The van der Waals surface area contributed by atoms with Crippen molar-refractivity contribution in [3.8, 4) is 0 Å². The predicted molar refractivity (Wildman–Crippen MR) is 127 cm³/mol. The van der Waals surface area contributed by atoms with Gasteiger partial charge in [0.2, 0.25) is 0 Å². The normalized spacial score (nSPS) is 11.3. The second-order valence-electron chi connectivity index (χ2n) is 6.85. The SMILES string of the molecule is O=C(Nc1ccc(S(=O)(=O)Nc2ccc(Cl)nn2)cc1)c1ccc(Cn2cc(Br)c([N+](=O)[O-])n2)o1. The first-order chi connectivity index (χ1) is 16.6. The molecule has 0 bridgehead atoms. The van der Waals surface area contributed by atoms with Crippen LogP contribution in [-0.4, -0.2) is 39.2 Å². The van der Waals surface area contributed by atoms with Crippen molar-refractivity contribution in [2.75, 3.05) is 10.0 Å². The summed E-state index contributed by atoms with van der Waals surface area (Å²) in [5, 5.41) is 24.7. The predicted octanol–water partition coefficient (Wildman–Crippen LogP) is 3.69. The highest BCUT2D eigenvalue weighted by molar-refractivity contribution is 9.10. The first-order valence-corrected chi connectivity index (χ1v) is 12.2. The standard InChI is InChI=1S/C19H13BrClN7O6S/c20-14-10-27(25-18(14)28(30)31)9-12-3-6-15(34-12)19(29)22-11-1-4-13(5-2-11)35(32,33)26-17-8-7-16(21)23-24-17/h1-8,10H,9H2,(H,22,29)(H,24,26). The second kappa shape index (κ2) is 9.81. The van der Waals surface area contributed by atoms with E-state index in [0.717, 1.165) is 0 Å². The zero-order chi connectivity index (χ0) is 25.2. The Labute approximate surface area is 210 Å². The average Bonchev–Trinajstić information content (AvgIpc) is 3.42. The molecule has 0 aliphatic carbocycles. The molecule has 0 aliphatic heterocycles. The first-order valence-electron chi connectivity index (χ1n) is 9.50. The van der Waals surface area contributed by atoms with E-state index in [1.807, 2.05) is 0 Å². The summed E-state index contributed by atoms with van der Waals surface area (Å²) in [6.07, 6.45) is 1.42. The van der Waals surface area contributed by atoms with Crippen LogP contribution in [0.2, 0.25) is 5.15 Å². The maximum atomic E-state index is 12.5. The molecule has 0 radical (unpaired) electrons. The summed E-state index contributed by atoms with van der Waals surface area (Å²) < 4.78 is 34.3. The van der Waals surface area contributed by atoms with Crippen LogP contribution in [-0.2, 0) is 16.6 Å². The zero-order valence-electron chi connectivity index (χ0n) is 17.3. The maximum absolute atomic E-state index is 12.5. The second-order valence-corrected chi connectivity index (χ2v) is 9.77. The number of sulfonamides is 1. The third-order valence-corrected chi connectivity index (χ3v) is 6.50. The van der Waals surface area contributed by atoms with Gasteiger partial charge >= 0.3 is 5.82 Å². The monoisotopic (exact) mass is 581 g/mol. The Kier molecular flexibility index (Phi) is 6.81. The van der Waals surface area contributed by atoms with E-state index in [-0.39, 0.29) is 38.5 Å². The highest BCUT2D eigenvalue weighted by Gasteiger charge is 2.20. The van der Waals surface area contributed by atoms with Crippen LogP contribution in [0.25, 0.3) is 0 Å². The molecule has 0 aliphatic rings. The number of hydrogen-bond donors (Lipinski definition) is 2. The molecule has 3 heterocycles. The molecule has 0 spiro atoms. The van der Waals surface area contributed by atoms with Gasteiger partial charge in [-0.3, -0.25) is 9.52 Å². The number of rotatable bonds is 8. The van der Waals surface area contributed by atoms with Gasteiger partial charge in [0, 0.05) is 5.69 Å². The van der Waals surface area contributed by atoms with Crippen LogP contribution < -0.4 is 10.0 Å².